The summed E-state index contributed by atoms with van der Waals surface area (Å²) in [5.41, 5.74) is 1.04. The minimum Gasteiger partial charge on any atom is -0.492 e. The smallest absolute Gasteiger partial charge is 0.173 e. The van der Waals surface area contributed by atoms with E-state index in [0.717, 1.165) is 43.1 Å². The van der Waals surface area contributed by atoms with Crippen molar-refractivity contribution in [2.75, 3.05) is 26.2 Å². The summed E-state index contributed by atoms with van der Waals surface area (Å²) in [6, 6.07) is 18.0. The summed E-state index contributed by atoms with van der Waals surface area (Å²) >= 11 is 2.44. The van der Waals surface area contributed by atoms with Crippen LogP contribution in [0.5, 0.6) is 11.5 Å². The Morgan fingerprint density at radius 3 is 2.67 bits per heavy atom. The second kappa shape index (κ2) is 8.03. The number of hydrogen-bond donors (Lipinski definition) is 0. The Labute approximate surface area is 157 Å². The molecule has 0 spiro atoms. The van der Waals surface area contributed by atoms with Crippen LogP contribution >= 0.6 is 22.6 Å². The van der Waals surface area contributed by atoms with Gasteiger partial charge in [-0.1, -0.05) is 49.1 Å². The molecule has 2 aromatic carbocycles. The van der Waals surface area contributed by atoms with Crippen molar-refractivity contribution < 1.29 is 9.47 Å². The van der Waals surface area contributed by atoms with E-state index in [1.807, 2.05) is 60.7 Å². The first-order chi connectivity index (χ1) is 11.7. The Balaban J connectivity index is 1.51. The first-order valence-electron chi connectivity index (χ1n) is 8.18. The topological polar surface area (TPSA) is 21.7 Å². The highest BCUT2D eigenvalue weighted by atomic mass is 127. The summed E-state index contributed by atoms with van der Waals surface area (Å²) in [4.78, 5) is 2.39. The summed E-state index contributed by atoms with van der Waals surface area (Å²) in [7, 11) is 0. The molecule has 1 aliphatic heterocycles. The molecular formula is C20H22INO2. The van der Waals surface area contributed by atoms with Crippen molar-refractivity contribution in [1.29, 1.82) is 0 Å². The second-order valence-corrected chi connectivity index (χ2v) is 7.88. The van der Waals surface area contributed by atoms with Crippen LogP contribution in [0.4, 0.5) is 0 Å². The predicted molar refractivity (Wildman–Crippen MR) is 107 cm³/mol. The lowest BCUT2D eigenvalue weighted by atomic mass is 10.2. The number of rotatable bonds is 7. The van der Waals surface area contributed by atoms with Gasteiger partial charge in [-0.15, -0.1) is 0 Å². The minimum absolute atomic E-state index is 0.191. The zero-order valence-corrected chi connectivity index (χ0v) is 15.8. The highest BCUT2D eigenvalue weighted by Gasteiger charge is 2.37. The van der Waals surface area contributed by atoms with E-state index in [-0.39, 0.29) is 3.61 Å². The van der Waals surface area contributed by atoms with Crippen molar-refractivity contribution in [1.82, 2.24) is 4.90 Å². The third-order valence-electron chi connectivity index (χ3n) is 4.11. The quantitative estimate of drug-likeness (QED) is 0.468. The fourth-order valence-electron chi connectivity index (χ4n) is 2.84. The molecule has 3 rings (SSSR count). The Hall–Kier alpha value is -1.53. The van der Waals surface area contributed by atoms with Gasteiger partial charge < -0.3 is 9.47 Å². The molecule has 0 bridgehead atoms. The van der Waals surface area contributed by atoms with Gasteiger partial charge >= 0.3 is 0 Å². The van der Waals surface area contributed by atoms with Crippen LogP contribution in [0.25, 0.3) is 6.08 Å². The highest BCUT2D eigenvalue weighted by molar-refractivity contribution is 14.1. The Kier molecular flexibility index (Phi) is 5.79. The number of nitrogens with zero attached hydrogens (tertiary/aromatic N) is 1. The molecule has 1 saturated heterocycles. The summed E-state index contributed by atoms with van der Waals surface area (Å²) < 4.78 is 11.9. The van der Waals surface area contributed by atoms with Crippen LogP contribution < -0.4 is 9.47 Å². The van der Waals surface area contributed by atoms with Gasteiger partial charge in [0.25, 0.3) is 0 Å². The first-order valence-corrected chi connectivity index (χ1v) is 9.26. The molecule has 24 heavy (non-hydrogen) atoms. The lowest BCUT2D eigenvalue weighted by molar-refractivity contribution is 0.173. The Bertz CT molecular complexity index is 676. The molecule has 0 aromatic heterocycles. The molecule has 0 amide bonds. The summed E-state index contributed by atoms with van der Waals surface area (Å²) in [5.74, 6) is 1.83. The molecule has 1 aliphatic rings. The van der Waals surface area contributed by atoms with E-state index in [4.69, 9.17) is 9.47 Å². The van der Waals surface area contributed by atoms with Gasteiger partial charge in [0, 0.05) is 31.6 Å². The van der Waals surface area contributed by atoms with Gasteiger partial charge in [0.1, 0.15) is 18.1 Å². The Morgan fingerprint density at radius 1 is 1.12 bits per heavy atom. The highest BCUT2D eigenvalue weighted by Crippen LogP contribution is 2.35. The maximum Gasteiger partial charge on any atom is 0.173 e. The van der Waals surface area contributed by atoms with Crippen molar-refractivity contribution in [2.45, 2.75) is 10.0 Å². The fraction of sp³-hybridized carbons (Fsp3) is 0.300. The summed E-state index contributed by atoms with van der Waals surface area (Å²) in [5, 5.41) is 0. The lowest BCUT2D eigenvalue weighted by Gasteiger charge is -2.25. The van der Waals surface area contributed by atoms with Crippen molar-refractivity contribution in [3.8, 4) is 11.5 Å². The maximum atomic E-state index is 6.31. The number of halogens is 1. The average Bonchev–Trinajstić information content (AvgIpc) is 2.97. The van der Waals surface area contributed by atoms with E-state index in [0.29, 0.717) is 6.61 Å². The number of para-hydroxylation sites is 2. The molecule has 4 heteroatoms. The molecule has 126 valence electrons. The molecule has 1 atom stereocenters. The lowest BCUT2D eigenvalue weighted by Crippen LogP contribution is -2.34. The molecule has 1 fully saturated rings. The normalized spacial score (nSPS) is 20.7. The first kappa shape index (κ1) is 17.3. The third kappa shape index (κ3) is 4.51. The molecule has 1 unspecified atom stereocenters. The van der Waals surface area contributed by atoms with Gasteiger partial charge in [-0.2, -0.15) is 0 Å². The monoisotopic (exact) mass is 435 g/mol. The fourth-order valence-corrected chi connectivity index (χ4v) is 3.80. The molecule has 0 aliphatic carbocycles. The third-order valence-corrected chi connectivity index (χ3v) is 5.21. The van der Waals surface area contributed by atoms with Crippen LogP contribution in [0.3, 0.4) is 0 Å². The molecule has 3 nitrogen and oxygen atoms in total. The molecule has 1 heterocycles. The predicted octanol–water partition coefficient (Wildman–Crippen LogP) is 4.62. The van der Waals surface area contributed by atoms with Gasteiger partial charge in [-0.25, -0.2) is 0 Å². The van der Waals surface area contributed by atoms with Gasteiger partial charge in [0.05, 0.1) is 0 Å². The molecule has 0 radical (unpaired) electrons. The van der Waals surface area contributed by atoms with E-state index in [1.165, 1.54) is 0 Å². The maximum absolute atomic E-state index is 6.31. The van der Waals surface area contributed by atoms with E-state index in [1.54, 1.807) is 0 Å². The summed E-state index contributed by atoms with van der Waals surface area (Å²) in [6.45, 7) is 7.39. The van der Waals surface area contributed by atoms with Crippen molar-refractivity contribution >= 4 is 28.7 Å². The van der Waals surface area contributed by atoms with Gasteiger partial charge in [0.15, 0.2) is 3.61 Å². The van der Waals surface area contributed by atoms with E-state index < -0.39 is 0 Å². The van der Waals surface area contributed by atoms with E-state index in [2.05, 4.69) is 34.1 Å². The number of alkyl halides is 1. The van der Waals surface area contributed by atoms with E-state index >= 15 is 0 Å². The SMILES string of the molecule is C=Cc1ccccc1OC1(I)CCN(CCOc2ccccc2)C1. The van der Waals surface area contributed by atoms with Crippen LogP contribution in [-0.4, -0.2) is 34.7 Å². The number of ether oxygens (including phenoxy) is 2. The number of benzene rings is 2. The van der Waals surface area contributed by atoms with Crippen LogP contribution in [0.2, 0.25) is 0 Å². The van der Waals surface area contributed by atoms with Crippen LogP contribution in [-0.2, 0) is 0 Å². The van der Waals surface area contributed by atoms with Crippen molar-refractivity contribution in [3.63, 3.8) is 0 Å². The zero-order chi connectivity index (χ0) is 16.8. The zero-order valence-electron chi connectivity index (χ0n) is 13.7. The minimum atomic E-state index is -0.191. The largest absolute Gasteiger partial charge is 0.492 e. The van der Waals surface area contributed by atoms with Gasteiger partial charge in [0.2, 0.25) is 0 Å². The molecule has 2 aromatic rings. The average molecular weight is 435 g/mol. The van der Waals surface area contributed by atoms with Gasteiger partial charge in [-0.05, 0) is 40.8 Å². The van der Waals surface area contributed by atoms with Crippen molar-refractivity contribution in [2.24, 2.45) is 0 Å². The second-order valence-electron chi connectivity index (χ2n) is 5.91. The number of hydrogen-bond acceptors (Lipinski definition) is 3. The standard InChI is InChI=1S/C20H22INO2/c1-2-17-8-6-7-11-19(17)24-20(21)12-13-22(16-20)14-15-23-18-9-4-3-5-10-18/h2-11H,1,12-16H2. The van der Waals surface area contributed by atoms with Crippen molar-refractivity contribution in [3.05, 3.63) is 66.7 Å². The number of likely N-dealkylation sites (tertiary alicyclic amines) is 1. The van der Waals surface area contributed by atoms with E-state index in [9.17, 15) is 0 Å². The van der Waals surface area contributed by atoms with Crippen LogP contribution in [0.15, 0.2) is 61.2 Å². The molecule has 0 saturated carbocycles. The molecule has 0 N–H and O–H groups in total. The molecular weight excluding hydrogens is 413 g/mol. The van der Waals surface area contributed by atoms with Crippen LogP contribution in [0.1, 0.15) is 12.0 Å². The van der Waals surface area contributed by atoms with Gasteiger partial charge in [-0.3, -0.25) is 4.90 Å². The van der Waals surface area contributed by atoms with Crippen LogP contribution in [0, 0.1) is 0 Å². The Morgan fingerprint density at radius 2 is 1.88 bits per heavy atom. The summed E-state index contributed by atoms with van der Waals surface area (Å²) in [6.07, 6.45) is 2.85.